The molecule has 14 heavy (non-hydrogen) atoms. The Morgan fingerprint density at radius 1 is 1.57 bits per heavy atom. The van der Waals surface area contributed by atoms with Crippen molar-refractivity contribution in [2.24, 2.45) is 11.8 Å². The topological polar surface area (TPSA) is 24.1 Å². The van der Waals surface area contributed by atoms with Gasteiger partial charge in [-0.3, -0.25) is 0 Å². The molecular formula is C11H18N2S. The van der Waals surface area contributed by atoms with Gasteiger partial charge >= 0.3 is 0 Å². The molecule has 1 aromatic rings. The van der Waals surface area contributed by atoms with E-state index < -0.39 is 0 Å². The average Bonchev–Trinajstić information content (AvgIpc) is 2.78. The van der Waals surface area contributed by atoms with Gasteiger partial charge in [-0.05, 0) is 42.9 Å². The average molecular weight is 210 g/mol. The van der Waals surface area contributed by atoms with Gasteiger partial charge < -0.3 is 10.6 Å². The van der Waals surface area contributed by atoms with E-state index in [0.717, 1.165) is 24.9 Å². The van der Waals surface area contributed by atoms with Crippen LogP contribution in [-0.4, -0.2) is 19.6 Å². The fourth-order valence-electron chi connectivity index (χ4n) is 1.93. The standard InChI is InChI=1S/C11H18N2S/c1-9-5-12-6-10(9)7-13-8-11-3-2-4-14-11/h2-4,9-10,12-13H,5-8H2,1H3/t9-,10+/m1/s1. The lowest BCUT2D eigenvalue weighted by molar-refractivity contribution is 0.421. The first-order chi connectivity index (χ1) is 6.86. The minimum Gasteiger partial charge on any atom is -0.316 e. The van der Waals surface area contributed by atoms with Crippen LogP contribution < -0.4 is 10.6 Å². The Kier molecular flexibility index (Phi) is 3.56. The molecule has 2 heterocycles. The van der Waals surface area contributed by atoms with Crippen molar-refractivity contribution in [3.63, 3.8) is 0 Å². The summed E-state index contributed by atoms with van der Waals surface area (Å²) in [6.45, 7) is 6.87. The summed E-state index contributed by atoms with van der Waals surface area (Å²) >= 11 is 1.83. The molecule has 2 N–H and O–H groups in total. The summed E-state index contributed by atoms with van der Waals surface area (Å²) in [7, 11) is 0. The quantitative estimate of drug-likeness (QED) is 0.790. The SMILES string of the molecule is C[C@@H]1CNC[C@H]1CNCc1cccs1. The number of thiophene rings is 1. The van der Waals surface area contributed by atoms with Crippen molar-refractivity contribution in [2.45, 2.75) is 13.5 Å². The Morgan fingerprint density at radius 3 is 3.14 bits per heavy atom. The molecule has 0 unspecified atom stereocenters. The van der Waals surface area contributed by atoms with Crippen molar-refractivity contribution in [3.05, 3.63) is 22.4 Å². The normalized spacial score (nSPS) is 26.9. The van der Waals surface area contributed by atoms with Gasteiger partial charge in [-0.1, -0.05) is 13.0 Å². The molecule has 0 aliphatic carbocycles. The highest BCUT2D eigenvalue weighted by Crippen LogP contribution is 2.15. The molecule has 1 fully saturated rings. The minimum absolute atomic E-state index is 0.815. The van der Waals surface area contributed by atoms with Crippen LogP contribution in [0.5, 0.6) is 0 Å². The monoisotopic (exact) mass is 210 g/mol. The van der Waals surface area contributed by atoms with Crippen molar-refractivity contribution >= 4 is 11.3 Å². The van der Waals surface area contributed by atoms with Crippen molar-refractivity contribution in [1.29, 1.82) is 0 Å². The third-order valence-corrected chi connectivity index (χ3v) is 3.84. The molecule has 3 heteroatoms. The first-order valence-electron chi connectivity index (χ1n) is 5.30. The zero-order valence-corrected chi connectivity index (χ0v) is 9.44. The van der Waals surface area contributed by atoms with Crippen molar-refractivity contribution < 1.29 is 0 Å². The molecule has 1 saturated heterocycles. The maximum Gasteiger partial charge on any atom is 0.0299 e. The summed E-state index contributed by atoms with van der Waals surface area (Å²) in [6.07, 6.45) is 0. The molecule has 1 aliphatic rings. The van der Waals surface area contributed by atoms with E-state index >= 15 is 0 Å². The second-order valence-corrected chi connectivity index (χ2v) is 5.14. The van der Waals surface area contributed by atoms with Gasteiger partial charge in [-0.15, -0.1) is 11.3 Å². The van der Waals surface area contributed by atoms with E-state index in [0.29, 0.717) is 0 Å². The van der Waals surface area contributed by atoms with E-state index in [9.17, 15) is 0 Å². The summed E-state index contributed by atoms with van der Waals surface area (Å²) < 4.78 is 0. The predicted octanol–water partition coefficient (Wildman–Crippen LogP) is 1.69. The first kappa shape index (κ1) is 10.1. The van der Waals surface area contributed by atoms with Gasteiger partial charge in [0.2, 0.25) is 0 Å². The Morgan fingerprint density at radius 2 is 2.50 bits per heavy atom. The fourth-order valence-corrected chi connectivity index (χ4v) is 2.61. The van der Waals surface area contributed by atoms with Gasteiger partial charge in [-0.2, -0.15) is 0 Å². The van der Waals surface area contributed by atoms with E-state index in [2.05, 4.69) is 35.1 Å². The summed E-state index contributed by atoms with van der Waals surface area (Å²) in [5.74, 6) is 1.64. The molecule has 1 aliphatic heterocycles. The second-order valence-electron chi connectivity index (χ2n) is 4.11. The smallest absolute Gasteiger partial charge is 0.0299 e. The molecule has 78 valence electrons. The van der Waals surface area contributed by atoms with Gasteiger partial charge in [0, 0.05) is 11.4 Å². The van der Waals surface area contributed by atoms with E-state index in [-0.39, 0.29) is 0 Å². The molecule has 2 nitrogen and oxygen atoms in total. The Hall–Kier alpha value is -0.380. The molecule has 0 saturated carbocycles. The van der Waals surface area contributed by atoms with Crippen LogP contribution >= 0.6 is 11.3 Å². The third-order valence-electron chi connectivity index (χ3n) is 2.96. The molecule has 0 aromatic carbocycles. The van der Waals surface area contributed by atoms with E-state index in [1.807, 2.05) is 11.3 Å². The third kappa shape index (κ3) is 2.56. The van der Waals surface area contributed by atoms with E-state index in [4.69, 9.17) is 0 Å². The Balaban J connectivity index is 1.68. The second kappa shape index (κ2) is 4.91. The van der Waals surface area contributed by atoms with Crippen LogP contribution in [0, 0.1) is 11.8 Å². The number of nitrogens with one attached hydrogen (secondary N) is 2. The van der Waals surface area contributed by atoms with Gasteiger partial charge in [0.15, 0.2) is 0 Å². The van der Waals surface area contributed by atoms with E-state index in [1.165, 1.54) is 18.0 Å². The summed E-state index contributed by atoms with van der Waals surface area (Å²) in [5, 5.41) is 9.09. The molecule has 0 amide bonds. The number of hydrogen-bond acceptors (Lipinski definition) is 3. The molecule has 2 atom stereocenters. The molecule has 0 radical (unpaired) electrons. The summed E-state index contributed by atoms with van der Waals surface area (Å²) in [6, 6.07) is 4.30. The number of hydrogen-bond donors (Lipinski definition) is 2. The summed E-state index contributed by atoms with van der Waals surface area (Å²) in [5.41, 5.74) is 0. The van der Waals surface area contributed by atoms with Crippen LogP contribution in [0.2, 0.25) is 0 Å². The van der Waals surface area contributed by atoms with Crippen molar-refractivity contribution in [3.8, 4) is 0 Å². The lowest BCUT2D eigenvalue weighted by Gasteiger charge is -2.14. The minimum atomic E-state index is 0.815. The molecule has 2 rings (SSSR count). The van der Waals surface area contributed by atoms with Crippen LogP contribution in [0.15, 0.2) is 17.5 Å². The summed E-state index contributed by atoms with van der Waals surface area (Å²) in [4.78, 5) is 1.43. The van der Waals surface area contributed by atoms with Crippen molar-refractivity contribution in [1.82, 2.24) is 10.6 Å². The highest BCUT2D eigenvalue weighted by atomic mass is 32.1. The van der Waals surface area contributed by atoms with Crippen molar-refractivity contribution in [2.75, 3.05) is 19.6 Å². The lowest BCUT2D eigenvalue weighted by Crippen LogP contribution is -2.26. The largest absolute Gasteiger partial charge is 0.316 e. The predicted molar refractivity (Wildman–Crippen MR) is 61.5 cm³/mol. The Labute approximate surface area is 89.7 Å². The maximum absolute atomic E-state index is 3.53. The van der Waals surface area contributed by atoms with Gasteiger partial charge in [0.1, 0.15) is 0 Å². The highest BCUT2D eigenvalue weighted by molar-refractivity contribution is 7.09. The van der Waals surface area contributed by atoms with Crippen LogP contribution in [-0.2, 0) is 6.54 Å². The zero-order valence-electron chi connectivity index (χ0n) is 8.62. The zero-order chi connectivity index (χ0) is 9.80. The lowest BCUT2D eigenvalue weighted by atomic mass is 9.98. The molecular weight excluding hydrogens is 192 g/mol. The van der Waals surface area contributed by atoms with Crippen LogP contribution in [0.4, 0.5) is 0 Å². The number of rotatable bonds is 4. The van der Waals surface area contributed by atoms with Crippen LogP contribution in [0.3, 0.4) is 0 Å². The van der Waals surface area contributed by atoms with Crippen LogP contribution in [0.1, 0.15) is 11.8 Å². The molecule has 1 aromatic heterocycles. The van der Waals surface area contributed by atoms with E-state index in [1.54, 1.807) is 0 Å². The first-order valence-corrected chi connectivity index (χ1v) is 6.18. The van der Waals surface area contributed by atoms with Gasteiger partial charge in [-0.25, -0.2) is 0 Å². The Bertz CT molecular complexity index is 258. The molecule has 0 spiro atoms. The van der Waals surface area contributed by atoms with Gasteiger partial charge in [0.05, 0.1) is 0 Å². The fraction of sp³-hybridized carbons (Fsp3) is 0.636. The van der Waals surface area contributed by atoms with Crippen LogP contribution in [0.25, 0.3) is 0 Å². The molecule has 0 bridgehead atoms. The maximum atomic E-state index is 3.53. The highest BCUT2D eigenvalue weighted by Gasteiger charge is 2.21. The van der Waals surface area contributed by atoms with Gasteiger partial charge in [0.25, 0.3) is 0 Å².